The Bertz CT molecular complexity index is 158. The van der Waals surface area contributed by atoms with Gasteiger partial charge in [0.2, 0.25) is 0 Å². The predicted octanol–water partition coefficient (Wildman–Crippen LogP) is 1.37. The van der Waals surface area contributed by atoms with Crippen LogP contribution in [0.5, 0.6) is 0 Å². The summed E-state index contributed by atoms with van der Waals surface area (Å²) in [6.07, 6.45) is 0. The smallest absolute Gasteiger partial charge is 0.339 e. The molecule has 0 aromatic carbocycles. The van der Waals surface area contributed by atoms with E-state index in [1.807, 2.05) is 0 Å². The SMILES string of the molecule is C=C(C(=O)OC)C(C)(F)F. The van der Waals surface area contributed by atoms with E-state index in [9.17, 15) is 13.6 Å². The molecule has 0 aliphatic rings. The standard InChI is InChI=1S/C6H8F2O2/c1-4(5(9)10-3)6(2,7)8/h1H2,2-3H3. The van der Waals surface area contributed by atoms with Gasteiger partial charge in [-0.25, -0.2) is 13.6 Å². The van der Waals surface area contributed by atoms with E-state index < -0.39 is 17.5 Å². The molecule has 4 heteroatoms. The van der Waals surface area contributed by atoms with E-state index in [4.69, 9.17) is 0 Å². The number of carbonyl (C=O) groups is 1. The first-order valence-corrected chi connectivity index (χ1v) is 2.55. The van der Waals surface area contributed by atoms with Crippen LogP contribution in [0.3, 0.4) is 0 Å². The van der Waals surface area contributed by atoms with Gasteiger partial charge in [-0.2, -0.15) is 0 Å². The van der Waals surface area contributed by atoms with Crippen LogP contribution in [-0.4, -0.2) is 19.0 Å². The molecule has 0 spiro atoms. The van der Waals surface area contributed by atoms with Gasteiger partial charge >= 0.3 is 5.97 Å². The maximum Gasteiger partial charge on any atom is 0.339 e. The molecule has 0 saturated carbocycles. The molecule has 0 aliphatic heterocycles. The lowest BCUT2D eigenvalue weighted by Crippen LogP contribution is -2.21. The molecule has 2 nitrogen and oxygen atoms in total. The second-order valence-corrected chi connectivity index (χ2v) is 1.86. The van der Waals surface area contributed by atoms with Crippen LogP contribution in [0.15, 0.2) is 12.2 Å². The second kappa shape index (κ2) is 2.77. The van der Waals surface area contributed by atoms with Crippen molar-refractivity contribution in [3.8, 4) is 0 Å². The van der Waals surface area contributed by atoms with Crippen LogP contribution >= 0.6 is 0 Å². The van der Waals surface area contributed by atoms with Crippen LogP contribution < -0.4 is 0 Å². The van der Waals surface area contributed by atoms with E-state index in [1.165, 1.54) is 0 Å². The highest BCUT2D eigenvalue weighted by Gasteiger charge is 2.31. The fraction of sp³-hybridized carbons (Fsp3) is 0.500. The molecule has 10 heavy (non-hydrogen) atoms. The first-order valence-electron chi connectivity index (χ1n) is 2.55. The summed E-state index contributed by atoms with van der Waals surface area (Å²) < 4.78 is 28.3. The Labute approximate surface area is 57.5 Å². The zero-order valence-electron chi connectivity index (χ0n) is 5.78. The van der Waals surface area contributed by atoms with Crippen LogP contribution in [0.1, 0.15) is 6.92 Å². The van der Waals surface area contributed by atoms with Crippen LogP contribution in [-0.2, 0) is 9.53 Å². The van der Waals surface area contributed by atoms with Crippen molar-refractivity contribution >= 4 is 5.97 Å². The molecule has 0 unspecified atom stereocenters. The highest BCUT2D eigenvalue weighted by molar-refractivity contribution is 5.89. The molecule has 0 radical (unpaired) electrons. The lowest BCUT2D eigenvalue weighted by molar-refractivity contribution is -0.139. The Balaban J connectivity index is 4.24. The number of hydrogen-bond acceptors (Lipinski definition) is 2. The van der Waals surface area contributed by atoms with Crippen molar-refractivity contribution in [1.29, 1.82) is 0 Å². The summed E-state index contributed by atoms with van der Waals surface area (Å²) in [5, 5.41) is 0. The number of methoxy groups -OCH3 is 1. The topological polar surface area (TPSA) is 26.3 Å². The lowest BCUT2D eigenvalue weighted by Gasteiger charge is -2.10. The van der Waals surface area contributed by atoms with E-state index >= 15 is 0 Å². The first-order chi connectivity index (χ1) is 4.39. The second-order valence-electron chi connectivity index (χ2n) is 1.86. The van der Waals surface area contributed by atoms with Crippen LogP contribution in [0.2, 0.25) is 0 Å². The normalized spacial score (nSPS) is 10.8. The minimum atomic E-state index is -3.19. The van der Waals surface area contributed by atoms with Gasteiger partial charge in [-0.1, -0.05) is 6.58 Å². The first kappa shape index (κ1) is 9.07. The molecule has 0 saturated heterocycles. The highest BCUT2D eigenvalue weighted by Crippen LogP contribution is 2.21. The highest BCUT2D eigenvalue weighted by atomic mass is 19.3. The molecule has 58 valence electrons. The largest absolute Gasteiger partial charge is 0.466 e. The molecular weight excluding hydrogens is 142 g/mol. The lowest BCUT2D eigenvalue weighted by atomic mass is 10.2. The molecule has 0 N–H and O–H groups in total. The summed E-state index contributed by atoms with van der Waals surface area (Å²) in [5.41, 5.74) is -0.824. The molecule has 0 aliphatic carbocycles. The quantitative estimate of drug-likeness (QED) is 0.439. The maximum atomic E-state index is 12.2. The fourth-order valence-corrected chi connectivity index (χ4v) is 0.302. The Morgan fingerprint density at radius 1 is 1.60 bits per heavy atom. The van der Waals surface area contributed by atoms with Crippen LogP contribution in [0.25, 0.3) is 0 Å². The average molecular weight is 150 g/mol. The van der Waals surface area contributed by atoms with E-state index in [0.717, 1.165) is 7.11 Å². The van der Waals surface area contributed by atoms with E-state index in [2.05, 4.69) is 11.3 Å². The summed E-state index contributed by atoms with van der Waals surface area (Å²) >= 11 is 0. The summed E-state index contributed by atoms with van der Waals surface area (Å²) in [7, 11) is 1.03. The third-order valence-electron chi connectivity index (χ3n) is 0.962. The Kier molecular flexibility index (Phi) is 2.51. The van der Waals surface area contributed by atoms with Gasteiger partial charge in [-0.15, -0.1) is 0 Å². The van der Waals surface area contributed by atoms with Gasteiger partial charge in [-0.05, 0) is 0 Å². The zero-order valence-corrected chi connectivity index (χ0v) is 5.78. The van der Waals surface area contributed by atoms with Crippen molar-refractivity contribution in [2.45, 2.75) is 12.8 Å². The molecule has 0 fully saturated rings. The van der Waals surface area contributed by atoms with Crippen molar-refractivity contribution in [3.63, 3.8) is 0 Å². The van der Waals surface area contributed by atoms with Crippen molar-refractivity contribution in [1.82, 2.24) is 0 Å². The molecule has 0 heterocycles. The average Bonchev–Trinajstić information content (AvgIpc) is 1.83. The van der Waals surface area contributed by atoms with Gasteiger partial charge in [0, 0.05) is 6.92 Å². The molecule has 0 bridgehead atoms. The third kappa shape index (κ3) is 2.13. The summed E-state index contributed by atoms with van der Waals surface area (Å²) in [4.78, 5) is 10.4. The monoisotopic (exact) mass is 150 g/mol. The minimum absolute atomic E-state index is 0.590. The number of halogens is 2. The van der Waals surface area contributed by atoms with Crippen molar-refractivity contribution in [2.75, 3.05) is 7.11 Å². The number of carbonyl (C=O) groups excluding carboxylic acids is 1. The molecule has 0 aromatic rings. The van der Waals surface area contributed by atoms with Gasteiger partial charge < -0.3 is 4.74 Å². The Morgan fingerprint density at radius 3 is 2.10 bits per heavy atom. The molecule has 0 amide bonds. The van der Waals surface area contributed by atoms with Crippen molar-refractivity contribution in [2.24, 2.45) is 0 Å². The van der Waals surface area contributed by atoms with Crippen LogP contribution in [0, 0.1) is 0 Å². The molecular formula is C6H8F2O2. The molecule has 0 aromatic heterocycles. The van der Waals surface area contributed by atoms with E-state index in [1.54, 1.807) is 0 Å². The minimum Gasteiger partial charge on any atom is -0.466 e. The van der Waals surface area contributed by atoms with E-state index in [0.29, 0.717) is 6.92 Å². The van der Waals surface area contributed by atoms with Crippen molar-refractivity contribution in [3.05, 3.63) is 12.2 Å². The molecule has 0 atom stereocenters. The number of hydrogen-bond donors (Lipinski definition) is 0. The predicted molar refractivity (Wildman–Crippen MR) is 31.8 cm³/mol. The zero-order chi connectivity index (χ0) is 8.36. The van der Waals surface area contributed by atoms with Gasteiger partial charge in [0.15, 0.2) is 0 Å². The number of ether oxygens (including phenoxy) is 1. The van der Waals surface area contributed by atoms with Gasteiger partial charge in [0.1, 0.15) is 0 Å². The van der Waals surface area contributed by atoms with Gasteiger partial charge in [0.25, 0.3) is 5.92 Å². The van der Waals surface area contributed by atoms with Crippen LogP contribution in [0.4, 0.5) is 8.78 Å². The maximum absolute atomic E-state index is 12.2. The van der Waals surface area contributed by atoms with E-state index in [-0.39, 0.29) is 0 Å². The Hall–Kier alpha value is -0.930. The Morgan fingerprint density at radius 2 is 2.00 bits per heavy atom. The van der Waals surface area contributed by atoms with Gasteiger partial charge in [-0.3, -0.25) is 0 Å². The van der Waals surface area contributed by atoms with Gasteiger partial charge in [0.05, 0.1) is 12.7 Å². The summed E-state index contributed by atoms with van der Waals surface area (Å²) in [6.45, 7) is 3.46. The number of rotatable bonds is 2. The number of alkyl halides is 2. The third-order valence-corrected chi connectivity index (χ3v) is 0.962. The van der Waals surface area contributed by atoms with Crippen molar-refractivity contribution < 1.29 is 18.3 Å². The fourth-order valence-electron chi connectivity index (χ4n) is 0.302. The summed E-state index contributed by atoms with van der Waals surface area (Å²) in [6, 6.07) is 0. The summed E-state index contributed by atoms with van der Waals surface area (Å²) in [5.74, 6) is -4.26. The molecule has 0 rings (SSSR count). The number of esters is 1.